The van der Waals surface area contributed by atoms with E-state index in [-0.39, 0.29) is 18.3 Å². The van der Waals surface area contributed by atoms with Gasteiger partial charge in [0.2, 0.25) is 0 Å². The highest BCUT2D eigenvalue weighted by Gasteiger charge is 2.09. The first kappa shape index (κ1) is 20.9. The van der Waals surface area contributed by atoms with Gasteiger partial charge in [-0.2, -0.15) is 0 Å². The van der Waals surface area contributed by atoms with E-state index in [1.165, 1.54) is 0 Å². The van der Waals surface area contributed by atoms with Crippen LogP contribution in [-0.4, -0.2) is 18.3 Å². The van der Waals surface area contributed by atoms with E-state index in [0.29, 0.717) is 28.3 Å². The third-order valence-electron chi connectivity index (χ3n) is 4.62. The van der Waals surface area contributed by atoms with Crippen molar-refractivity contribution in [1.29, 1.82) is 0 Å². The molecule has 0 unspecified atom stereocenters. The van der Waals surface area contributed by atoms with E-state index in [1.807, 2.05) is 54.6 Å². The number of nitrogens with one attached hydrogen (secondary N) is 1. The van der Waals surface area contributed by atoms with E-state index in [1.54, 1.807) is 54.6 Å². The van der Waals surface area contributed by atoms with Gasteiger partial charge in [0.05, 0.1) is 0 Å². The Labute approximate surface area is 186 Å². The summed E-state index contributed by atoms with van der Waals surface area (Å²) in [4.78, 5) is 24.7. The Kier molecular flexibility index (Phi) is 6.58. The van der Waals surface area contributed by atoms with E-state index < -0.39 is 0 Å². The summed E-state index contributed by atoms with van der Waals surface area (Å²) < 4.78 is 11.4. The van der Waals surface area contributed by atoms with Crippen molar-refractivity contribution in [3.05, 3.63) is 120 Å². The standard InChI is InChI=1S/C27H21NO4/c29-26(19-31-24-12-7-13-25(18-24)32-23-10-5-2-6-11-23)28-22-16-14-21(15-17-22)27(30)20-8-3-1-4-9-20/h1-18H,19H2,(H,28,29). The number of hydrogen-bond donors (Lipinski definition) is 1. The van der Waals surface area contributed by atoms with Crippen molar-refractivity contribution in [3.8, 4) is 17.2 Å². The largest absolute Gasteiger partial charge is 0.484 e. The summed E-state index contributed by atoms with van der Waals surface area (Å²) in [5, 5.41) is 2.77. The highest BCUT2D eigenvalue weighted by molar-refractivity contribution is 6.09. The van der Waals surface area contributed by atoms with Gasteiger partial charge in [0.1, 0.15) is 17.2 Å². The van der Waals surface area contributed by atoms with Gasteiger partial charge >= 0.3 is 0 Å². The van der Waals surface area contributed by atoms with Gasteiger partial charge in [0, 0.05) is 22.9 Å². The maximum Gasteiger partial charge on any atom is 0.262 e. The van der Waals surface area contributed by atoms with E-state index in [0.717, 1.165) is 5.75 Å². The molecule has 0 aromatic heterocycles. The number of carbonyl (C=O) groups is 2. The lowest BCUT2D eigenvalue weighted by Crippen LogP contribution is -2.20. The highest BCUT2D eigenvalue weighted by Crippen LogP contribution is 2.25. The molecule has 4 aromatic rings. The quantitative estimate of drug-likeness (QED) is 0.368. The maximum atomic E-state index is 12.5. The third kappa shape index (κ3) is 5.61. The molecule has 4 rings (SSSR count). The van der Waals surface area contributed by atoms with Gasteiger partial charge in [-0.1, -0.05) is 54.6 Å². The second kappa shape index (κ2) is 10.1. The predicted molar refractivity (Wildman–Crippen MR) is 123 cm³/mol. The Hall–Kier alpha value is -4.38. The zero-order valence-electron chi connectivity index (χ0n) is 17.2. The summed E-state index contributed by atoms with van der Waals surface area (Å²) >= 11 is 0. The number of carbonyl (C=O) groups excluding carboxylic acids is 2. The van der Waals surface area contributed by atoms with Crippen LogP contribution >= 0.6 is 0 Å². The van der Waals surface area contributed by atoms with Crippen molar-refractivity contribution in [3.63, 3.8) is 0 Å². The Morgan fingerprint density at radius 3 is 1.94 bits per heavy atom. The van der Waals surface area contributed by atoms with Crippen LogP contribution in [-0.2, 0) is 4.79 Å². The molecule has 1 amide bonds. The average molecular weight is 423 g/mol. The maximum absolute atomic E-state index is 12.5. The first-order chi connectivity index (χ1) is 15.7. The first-order valence-electron chi connectivity index (χ1n) is 10.1. The lowest BCUT2D eigenvalue weighted by atomic mass is 10.0. The minimum atomic E-state index is -0.304. The minimum Gasteiger partial charge on any atom is -0.484 e. The molecular weight excluding hydrogens is 402 g/mol. The zero-order chi connectivity index (χ0) is 22.2. The van der Waals surface area contributed by atoms with Crippen molar-refractivity contribution in [1.82, 2.24) is 0 Å². The SMILES string of the molecule is O=C(COc1cccc(Oc2ccccc2)c1)Nc1ccc(C(=O)c2ccccc2)cc1. The van der Waals surface area contributed by atoms with E-state index in [4.69, 9.17) is 9.47 Å². The Bertz CT molecular complexity index is 1190. The summed E-state index contributed by atoms with van der Waals surface area (Å²) in [6.45, 7) is -0.153. The van der Waals surface area contributed by atoms with Crippen LogP contribution in [0.3, 0.4) is 0 Å². The molecule has 0 radical (unpaired) electrons. The molecule has 158 valence electrons. The second-order valence-corrected chi connectivity index (χ2v) is 7.00. The van der Waals surface area contributed by atoms with Gasteiger partial charge in [-0.3, -0.25) is 9.59 Å². The lowest BCUT2D eigenvalue weighted by molar-refractivity contribution is -0.118. The summed E-state index contributed by atoms with van der Waals surface area (Å²) in [7, 11) is 0. The number of ether oxygens (including phenoxy) is 2. The van der Waals surface area contributed by atoms with Crippen molar-refractivity contribution < 1.29 is 19.1 Å². The molecule has 1 N–H and O–H groups in total. The number of ketones is 1. The minimum absolute atomic E-state index is 0.0654. The fourth-order valence-corrected chi connectivity index (χ4v) is 3.06. The molecule has 0 aliphatic rings. The number of benzene rings is 4. The van der Waals surface area contributed by atoms with Gasteiger partial charge < -0.3 is 14.8 Å². The molecule has 0 fully saturated rings. The van der Waals surface area contributed by atoms with Crippen LogP contribution < -0.4 is 14.8 Å². The Morgan fingerprint density at radius 2 is 1.22 bits per heavy atom. The molecular formula is C27H21NO4. The summed E-state index contributed by atoms with van der Waals surface area (Å²) in [5.41, 5.74) is 1.77. The third-order valence-corrected chi connectivity index (χ3v) is 4.62. The Balaban J connectivity index is 1.30. The number of amides is 1. The summed E-state index contributed by atoms with van der Waals surface area (Å²) in [6, 6.07) is 32.4. The van der Waals surface area contributed by atoms with E-state index in [9.17, 15) is 9.59 Å². The van der Waals surface area contributed by atoms with Gasteiger partial charge in [-0.25, -0.2) is 0 Å². The molecule has 5 nitrogen and oxygen atoms in total. The highest BCUT2D eigenvalue weighted by atomic mass is 16.5. The van der Waals surface area contributed by atoms with Crippen molar-refractivity contribution in [2.75, 3.05) is 11.9 Å². The molecule has 0 heterocycles. The van der Waals surface area contributed by atoms with Crippen molar-refractivity contribution in [2.24, 2.45) is 0 Å². The number of para-hydroxylation sites is 1. The van der Waals surface area contributed by atoms with Crippen LogP contribution in [0, 0.1) is 0 Å². The van der Waals surface area contributed by atoms with Crippen LogP contribution in [0.25, 0.3) is 0 Å². The van der Waals surface area contributed by atoms with E-state index in [2.05, 4.69) is 5.32 Å². The number of anilines is 1. The van der Waals surface area contributed by atoms with Crippen LogP contribution in [0.15, 0.2) is 109 Å². The fourth-order valence-electron chi connectivity index (χ4n) is 3.06. The smallest absolute Gasteiger partial charge is 0.262 e. The van der Waals surface area contributed by atoms with Crippen LogP contribution in [0.1, 0.15) is 15.9 Å². The molecule has 0 atom stereocenters. The summed E-state index contributed by atoms with van der Waals surface area (Å²) in [6.07, 6.45) is 0. The van der Waals surface area contributed by atoms with Gasteiger partial charge in [-0.05, 0) is 48.5 Å². The number of rotatable bonds is 8. The second-order valence-electron chi connectivity index (χ2n) is 7.00. The van der Waals surface area contributed by atoms with E-state index >= 15 is 0 Å². The molecule has 0 saturated carbocycles. The normalized spacial score (nSPS) is 10.2. The molecule has 5 heteroatoms. The van der Waals surface area contributed by atoms with Crippen LogP contribution in [0.4, 0.5) is 5.69 Å². The fraction of sp³-hybridized carbons (Fsp3) is 0.0370. The zero-order valence-corrected chi connectivity index (χ0v) is 17.2. The van der Waals surface area contributed by atoms with Gasteiger partial charge in [0.15, 0.2) is 12.4 Å². The first-order valence-corrected chi connectivity index (χ1v) is 10.1. The lowest BCUT2D eigenvalue weighted by Gasteiger charge is -2.10. The predicted octanol–water partition coefficient (Wildman–Crippen LogP) is 5.73. The molecule has 0 aliphatic heterocycles. The molecule has 0 bridgehead atoms. The Morgan fingerprint density at radius 1 is 0.625 bits per heavy atom. The van der Waals surface area contributed by atoms with Crippen molar-refractivity contribution >= 4 is 17.4 Å². The monoisotopic (exact) mass is 423 g/mol. The molecule has 0 saturated heterocycles. The van der Waals surface area contributed by atoms with Gasteiger partial charge in [0.25, 0.3) is 5.91 Å². The van der Waals surface area contributed by atoms with Crippen molar-refractivity contribution in [2.45, 2.75) is 0 Å². The molecule has 32 heavy (non-hydrogen) atoms. The molecule has 0 spiro atoms. The summed E-state index contributed by atoms with van der Waals surface area (Å²) in [5.74, 6) is 1.49. The topological polar surface area (TPSA) is 64.6 Å². The number of hydrogen-bond acceptors (Lipinski definition) is 4. The van der Waals surface area contributed by atoms with Gasteiger partial charge in [-0.15, -0.1) is 0 Å². The average Bonchev–Trinajstić information content (AvgIpc) is 2.84. The van der Waals surface area contributed by atoms with Crippen LogP contribution in [0.2, 0.25) is 0 Å². The molecule has 4 aromatic carbocycles. The van der Waals surface area contributed by atoms with Crippen LogP contribution in [0.5, 0.6) is 17.2 Å². The molecule has 0 aliphatic carbocycles.